The zero-order valence-electron chi connectivity index (χ0n) is 23.5. The minimum Gasteiger partial charge on any atom is -0.497 e. The molecule has 1 aromatic heterocycles. The Labute approximate surface area is 252 Å². The summed E-state index contributed by atoms with van der Waals surface area (Å²) < 4.78 is 7.58. The molecule has 0 aliphatic carbocycles. The first kappa shape index (κ1) is 27.8. The Morgan fingerprint density at radius 2 is 1.00 bits per heavy atom. The summed E-state index contributed by atoms with van der Waals surface area (Å²) in [5.74, 6) is 13.4. The predicted octanol–water partition coefficient (Wildman–Crippen LogP) is 7.47. The first-order chi connectivity index (χ1) is 21.4. The number of ether oxygens (including phenoxy) is 1. The van der Waals surface area contributed by atoms with Crippen LogP contribution < -0.4 is 4.74 Å². The second-order valence-corrected chi connectivity index (χ2v) is 10.0. The summed E-state index contributed by atoms with van der Waals surface area (Å²) in [6.07, 6.45) is 0. The summed E-state index contributed by atoms with van der Waals surface area (Å²) in [5, 5.41) is 24.0. The molecule has 0 atom stereocenters. The first-order valence-electron chi connectivity index (χ1n) is 13.6. The van der Waals surface area contributed by atoms with Crippen molar-refractivity contribution in [2.45, 2.75) is 6.54 Å². The first-order valence-corrected chi connectivity index (χ1v) is 13.6. The maximum absolute atomic E-state index is 11.0. The standard InChI is InChI=1S/C36H23N3O5/c1-44-32-18-10-29(11-19-32)24-37-35-20-12-27(4-2-25-6-14-30(15-7-25)38(40)41)22-33(35)34-23-28(13-21-36(34)37)5-3-26-8-16-31(17-9-26)39(42)43/h6-23H,24H2,1H3. The van der Waals surface area contributed by atoms with E-state index < -0.39 is 9.85 Å². The van der Waals surface area contributed by atoms with Crippen LogP contribution in [0.1, 0.15) is 27.8 Å². The largest absolute Gasteiger partial charge is 0.497 e. The number of non-ortho nitro benzene ring substituents is 2. The molecule has 44 heavy (non-hydrogen) atoms. The minimum atomic E-state index is -0.433. The summed E-state index contributed by atoms with van der Waals surface area (Å²) in [5.41, 5.74) is 6.22. The predicted molar refractivity (Wildman–Crippen MR) is 170 cm³/mol. The van der Waals surface area contributed by atoms with Gasteiger partial charge in [-0.25, -0.2) is 0 Å². The Morgan fingerprint density at radius 3 is 1.41 bits per heavy atom. The third kappa shape index (κ3) is 5.82. The molecule has 0 saturated carbocycles. The lowest BCUT2D eigenvalue weighted by Gasteiger charge is -2.09. The zero-order chi connectivity index (χ0) is 30.6. The van der Waals surface area contributed by atoms with E-state index in [-0.39, 0.29) is 11.4 Å². The summed E-state index contributed by atoms with van der Waals surface area (Å²) in [7, 11) is 1.65. The summed E-state index contributed by atoms with van der Waals surface area (Å²) in [4.78, 5) is 21.1. The molecule has 0 spiro atoms. The third-order valence-electron chi connectivity index (χ3n) is 7.22. The molecule has 0 aliphatic heterocycles. The van der Waals surface area contributed by atoms with Gasteiger partial charge in [-0.05, 0) is 78.4 Å². The minimum absolute atomic E-state index is 0.0223. The highest BCUT2D eigenvalue weighted by atomic mass is 16.6. The number of hydrogen-bond acceptors (Lipinski definition) is 5. The van der Waals surface area contributed by atoms with Gasteiger partial charge in [0.15, 0.2) is 0 Å². The van der Waals surface area contributed by atoms with Gasteiger partial charge >= 0.3 is 0 Å². The molecule has 8 nitrogen and oxygen atoms in total. The molecule has 0 fully saturated rings. The molecule has 0 N–H and O–H groups in total. The van der Waals surface area contributed by atoms with Crippen molar-refractivity contribution >= 4 is 33.2 Å². The molecular weight excluding hydrogens is 554 g/mol. The number of rotatable bonds is 5. The van der Waals surface area contributed by atoms with Gasteiger partial charge in [0.1, 0.15) is 5.75 Å². The van der Waals surface area contributed by atoms with Crippen molar-refractivity contribution in [2.24, 2.45) is 0 Å². The maximum atomic E-state index is 11.0. The lowest BCUT2D eigenvalue weighted by molar-refractivity contribution is -0.385. The average molecular weight is 578 g/mol. The van der Waals surface area contributed by atoms with Crippen LogP contribution in [0.25, 0.3) is 21.8 Å². The molecular formula is C36H23N3O5. The second kappa shape index (κ2) is 11.8. The molecule has 212 valence electrons. The summed E-state index contributed by atoms with van der Waals surface area (Å²) in [6.45, 7) is 0.644. The lowest BCUT2D eigenvalue weighted by Crippen LogP contribution is -1.99. The maximum Gasteiger partial charge on any atom is 0.269 e. The van der Waals surface area contributed by atoms with Crippen LogP contribution in [0.4, 0.5) is 11.4 Å². The molecule has 0 aliphatic rings. The Kier molecular flexibility index (Phi) is 7.48. The number of hydrogen-bond donors (Lipinski definition) is 0. The van der Waals surface area contributed by atoms with Gasteiger partial charge in [0.2, 0.25) is 0 Å². The van der Waals surface area contributed by atoms with Gasteiger partial charge < -0.3 is 9.30 Å². The van der Waals surface area contributed by atoms with Crippen molar-refractivity contribution in [3.8, 4) is 29.4 Å². The van der Waals surface area contributed by atoms with Gasteiger partial charge in [-0.3, -0.25) is 20.2 Å². The highest BCUT2D eigenvalue weighted by Gasteiger charge is 2.13. The Bertz CT molecular complexity index is 2040. The van der Waals surface area contributed by atoms with Gasteiger partial charge in [-0.15, -0.1) is 0 Å². The molecule has 0 amide bonds. The van der Waals surface area contributed by atoms with E-state index in [1.807, 2.05) is 48.5 Å². The fraction of sp³-hybridized carbons (Fsp3) is 0.0556. The molecule has 0 unspecified atom stereocenters. The fourth-order valence-corrected chi connectivity index (χ4v) is 4.97. The van der Waals surface area contributed by atoms with Crippen molar-refractivity contribution in [2.75, 3.05) is 7.11 Å². The molecule has 0 bridgehead atoms. The number of aromatic nitrogens is 1. The van der Waals surface area contributed by atoms with Crippen molar-refractivity contribution in [3.63, 3.8) is 0 Å². The number of nitro groups is 2. The zero-order valence-corrected chi connectivity index (χ0v) is 23.5. The van der Waals surface area contributed by atoms with Crippen molar-refractivity contribution < 1.29 is 14.6 Å². The molecule has 8 heteroatoms. The molecule has 6 rings (SSSR count). The highest BCUT2D eigenvalue weighted by Crippen LogP contribution is 2.32. The van der Waals surface area contributed by atoms with Gasteiger partial charge in [-0.2, -0.15) is 0 Å². The molecule has 0 radical (unpaired) electrons. The number of fused-ring (bicyclic) bond motifs is 3. The van der Waals surface area contributed by atoms with Crippen LogP contribution in [0.15, 0.2) is 109 Å². The van der Waals surface area contributed by atoms with E-state index in [1.165, 1.54) is 24.3 Å². The third-order valence-corrected chi connectivity index (χ3v) is 7.22. The fourth-order valence-electron chi connectivity index (χ4n) is 4.97. The van der Waals surface area contributed by atoms with Crippen LogP contribution in [0, 0.1) is 43.9 Å². The smallest absolute Gasteiger partial charge is 0.269 e. The SMILES string of the molecule is COc1ccc(Cn2c3ccc(C#Cc4ccc([N+](=O)[O-])cc4)cc3c3cc(C#Cc4ccc([N+](=O)[O-])cc4)ccc32)cc1. The Morgan fingerprint density at radius 1 is 0.591 bits per heavy atom. The van der Waals surface area contributed by atoms with Gasteiger partial charge in [0.05, 0.1) is 17.0 Å². The van der Waals surface area contributed by atoms with Crippen molar-refractivity contribution in [1.29, 1.82) is 0 Å². The number of nitrogens with zero attached hydrogens (tertiary/aromatic N) is 3. The van der Waals surface area contributed by atoms with E-state index in [9.17, 15) is 20.2 Å². The highest BCUT2D eigenvalue weighted by molar-refractivity contribution is 6.09. The monoisotopic (exact) mass is 577 g/mol. The van der Waals surface area contributed by atoms with Crippen molar-refractivity contribution in [1.82, 2.24) is 4.57 Å². The van der Waals surface area contributed by atoms with E-state index in [1.54, 1.807) is 31.4 Å². The van der Waals surface area contributed by atoms with E-state index in [0.717, 1.165) is 44.2 Å². The van der Waals surface area contributed by atoms with Crippen molar-refractivity contribution in [3.05, 3.63) is 157 Å². The van der Waals surface area contributed by atoms with E-state index >= 15 is 0 Å². The summed E-state index contributed by atoms with van der Waals surface area (Å²) in [6, 6.07) is 32.5. The number of methoxy groups -OCH3 is 1. The van der Waals surface area contributed by atoms with Gasteiger partial charge in [0.25, 0.3) is 11.4 Å². The Balaban J connectivity index is 1.42. The Hall–Kier alpha value is -6.38. The normalized spacial score (nSPS) is 10.5. The average Bonchev–Trinajstić information content (AvgIpc) is 3.35. The molecule has 5 aromatic carbocycles. The quantitative estimate of drug-likeness (QED) is 0.120. The van der Waals surface area contributed by atoms with Crippen LogP contribution in [0.3, 0.4) is 0 Å². The van der Waals surface area contributed by atoms with Crippen LogP contribution in [-0.2, 0) is 6.54 Å². The van der Waals surface area contributed by atoms with Crippen LogP contribution >= 0.6 is 0 Å². The second-order valence-electron chi connectivity index (χ2n) is 10.0. The number of nitro benzene ring substituents is 2. The van der Waals surface area contributed by atoms with Crippen LogP contribution in [0.5, 0.6) is 5.75 Å². The number of benzene rings is 5. The molecule has 6 aromatic rings. The van der Waals surface area contributed by atoms with Gasteiger partial charge in [-0.1, -0.05) is 35.8 Å². The molecule has 0 saturated heterocycles. The molecule has 1 heterocycles. The van der Waals surface area contributed by atoms with Gasteiger partial charge in [0, 0.05) is 74.9 Å². The lowest BCUT2D eigenvalue weighted by atomic mass is 10.1. The topological polar surface area (TPSA) is 100 Å². The van der Waals surface area contributed by atoms with E-state index in [0.29, 0.717) is 17.7 Å². The summed E-state index contributed by atoms with van der Waals surface area (Å²) >= 11 is 0. The van der Waals surface area contributed by atoms with E-state index in [4.69, 9.17) is 4.74 Å². The van der Waals surface area contributed by atoms with E-state index in [2.05, 4.69) is 40.4 Å². The van der Waals surface area contributed by atoms with Crippen LogP contribution in [-0.4, -0.2) is 21.5 Å². The van der Waals surface area contributed by atoms with Crippen LogP contribution in [0.2, 0.25) is 0 Å².